The summed E-state index contributed by atoms with van der Waals surface area (Å²) in [6, 6.07) is 13.0. The zero-order chi connectivity index (χ0) is 46.8. The Kier molecular flexibility index (Phi) is 19.1. The molecule has 64 heavy (non-hydrogen) atoms. The number of aromatic hydroxyl groups is 1. The highest BCUT2D eigenvalue weighted by Gasteiger charge is 2.34. The van der Waals surface area contributed by atoms with E-state index < -0.39 is 96.5 Å². The number of carboxylic acids is 2. The Bertz CT molecular complexity index is 2260. The highest BCUT2D eigenvalue weighted by atomic mass is 32.2. The number of phenols is 1. The quantitative estimate of drug-likeness (QED) is 0.0412. The lowest BCUT2D eigenvalue weighted by Gasteiger charge is -2.27. The molecule has 6 unspecified atom stereocenters. The molecule has 0 aliphatic rings. The molecule has 0 saturated carbocycles. The molecule has 13 N–H and O–H groups in total. The van der Waals surface area contributed by atoms with Crippen LogP contribution in [0, 0.1) is 0 Å². The van der Waals surface area contributed by atoms with E-state index in [4.69, 9.17) is 11.5 Å². The van der Waals surface area contributed by atoms with Crippen LogP contribution in [0.25, 0.3) is 10.9 Å². The van der Waals surface area contributed by atoms with Crippen molar-refractivity contribution in [2.45, 2.75) is 87.6 Å². The number of carbonyl (C=O) groups excluding carboxylic acids is 6. The van der Waals surface area contributed by atoms with Crippen LogP contribution in [0.3, 0.4) is 0 Å². The predicted molar refractivity (Wildman–Crippen MR) is 238 cm³/mol. The third-order valence-electron chi connectivity index (χ3n) is 10.2. The molecule has 0 fully saturated rings. The van der Waals surface area contributed by atoms with E-state index >= 15 is 0 Å². The number of phenolic OH excluding ortho intramolecular Hbond substituents is 1. The summed E-state index contributed by atoms with van der Waals surface area (Å²) in [4.78, 5) is 108. The summed E-state index contributed by atoms with van der Waals surface area (Å²) in [6.45, 7) is 0. The number of rotatable bonds is 26. The fraction of sp³-hybridized carbons (Fsp3) is 0.364. The van der Waals surface area contributed by atoms with Crippen molar-refractivity contribution in [1.29, 1.82) is 0 Å². The second-order valence-corrected chi connectivity index (χ2v) is 16.1. The Morgan fingerprint density at radius 3 is 1.67 bits per heavy atom. The van der Waals surface area contributed by atoms with Crippen LogP contribution >= 0.6 is 11.8 Å². The minimum absolute atomic E-state index is 0.0745. The molecule has 1 heterocycles. The van der Waals surface area contributed by atoms with Gasteiger partial charge in [0.1, 0.15) is 36.0 Å². The SMILES string of the molecule is CSCCC(N)C(=O)NC(CCC(N)=O)C(=O)NC(Cc1ccc(O)cc1)C(=O)NC(Cc1ccccc1)C(=O)NC(CCC(=O)O)C(=O)NC(Cc1c[nH]c2ccccc12)C(=O)O. The molecule has 4 rings (SSSR count). The topological polar surface area (TPSA) is 325 Å². The van der Waals surface area contributed by atoms with Crippen molar-refractivity contribution < 1.29 is 53.7 Å². The number of carboxylic acid groups (broad SMARTS) is 2. The second-order valence-electron chi connectivity index (χ2n) is 15.1. The molecule has 4 aromatic rings. The molecule has 6 amide bonds. The number of aromatic nitrogens is 1. The van der Waals surface area contributed by atoms with Gasteiger partial charge in [-0.1, -0.05) is 60.7 Å². The van der Waals surface area contributed by atoms with E-state index in [9.17, 15) is 53.7 Å². The number of para-hydroxylation sites is 1. The summed E-state index contributed by atoms with van der Waals surface area (Å²) in [6.07, 6.45) is 1.65. The normalized spacial score (nSPS) is 13.8. The van der Waals surface area contributed by atoms with Crippen molar-refractivity contribution in [1.82, 2.24) is 31.6 Å². The fourth-order valence-electron chi connectivity index (χ4n) is 6.69. The lowest BCUT2D eigenvalue weighted by Crippen LogP contribution is -2.60. The number of aliphatic carboxylic acids is 2. The van der Waals surface area contributed by atoms with E-state index in [2.05, 4.69) is 31.6 Å². The molecule has 0 aliphatic heterocycles. The number of thioether (sulfide) groups is 1. The Morgan fingerprint density at radius 2 is 1.11 bits per heavy atom. The van der Waals surface area contributed by atoms with Crippen molar-refractivity contribution in [2.75, 3.05) is 12.0 Å². The van der Waals surface area contributed by atoms with E-state index in [0.717, 1.165) is 10.9 Å². The number of fused-ring (bicyclic) bond motifs is 1. The number of primary amides is 1. The molecule has 19 nitrogen and oxygen atoms in total. The molecule has 342 valence electrons. The highest BCUT2D eigenvalue weighted by Crippen LogP contribution is 2.20. The van der Waals surface area contributed by atoms with Crippen LogP contribution in [0.1, 0.15) is 48.8 Å². The van der Waals surface area contributed by atoms with Gasteiger partial charge in [-0.2, -0.15) is 11.8 Å². The van der Waals surface area contributed by atoms with Gasteiger partial charge in [-0.05, 0) is 66.2 Å². The number of aromatic amines is 1. The molecule has 0 radical (unpaired) electrons. The molecule has 0 aliphatic carbocycles. The number of H-pyrrole nitrogens is 1. The van der Waals surface area contributed by atoms with Gasteiger partial charge < -0.3 is 58.4 Å². The van der Waals surface area contributed by atoms with Gasteiger partial charge >= 0.3 is 11.9 Å². The van der Waals surface area contributed by atoms with Crippen molar-refractivity contribution in [3.8, 4) is 5.75 Å². The third-order valence-corrected chi connectivity index (χ3v) is 10.8. The van der Waals surface area contributed by atoms with Crippen LogP contribution in [0.4, 0.5) is 0 Å². The number of nitrogens with two attached hydrogens (primary N) is 2. The second kappa shape index (κ2) is 24.6. The molecular weight excluding hydrogens is 849 g/mol. The van der Waals surface area contributed by atoms with E-state index in [1.807, 2.05) is 6.26 Å². The number of hydrogen-bond acceptors (Lipinski definition) is 11. The van der Waals surface area contributed by atoms with Crippen LogP contribution in [-0.2, 0) is 57.6 Å². The van der Waals surface area contributed by atoms with Crippen molar-refractivity contribution in [2.24, 2.45) is 11.5 Å². The van der Waals surface area contributed by atoms with Gasteiger partial charge in [0.25, 0.3) is 0 Å². The van der Waals surface area contributed by atoms with Crippen LogP contribution in [0.2, 0.25) is 0 Å². The van der Waals surface area contributed by atoms with Crippen LogP contribution < -0.4 is 38.1 Å². The number of amides is 6. The van der Waals surface area contributed by atoms with Gasteiger partial charge in [0, 0.05) is 49.2 Å². The first-order valence-corrected chi connectivity index (χ1v) is 21.8. The number of hydrogen-bond donors (Lipinski definition) is 11. The lowest BCUT2D eigenvalue weighted by molar-refractivity contribution is -0.143. The van der Waals surface area contributed by atoms with E-state index in [0.29, 0.717) is 22.4 Å². The summed E-state index contributed by atoms with van der Waals surface area (Å²) in [7, 11) is 0. The minimum atomic E-state index is -1.58. The molecule has 20 heteroatoms. The molecule has 6 atom stereocenters. The smallest absolute Gasteiger partial charge is 0.326 e. The first-order valence-electron chi connectivity index (χ1n) is 20.4. The van der Waals surface area contributed by atoms with Gasteiger partial charge in [0.05, 0.1) is 6.04 Å². The maximum Gasteiger partial charge on any atom is 0.326 e. The first kappa shape index (κ1) is 49.7. The van der Waals surface area contributed by atoms with Crippen molar-refractivity contribution >= 4 is 70.0 Å². The molecule has 0 saturated heterocycles. The maximum absolute atomic E-state index is 14.3. The van der Waals surface area contributed by atoms with Crippen LogP contribution in [0.15, 0.2) is 85.1 Å². The predicted octanol–water partition coefficient (Wildman–Crippen LogP) is 0.621. The van der Waals surface area contributed by atoms with Crippen molar-refractivity contribution in [3.63, 3.8) is 0 Å². The molecule has 3 aromatic carbocycles. The van der Waals surface area contributed by atoms with Gasteiger partial charge in [-0.25, -0.2) is 4.79 Å². The number of nitrogens with one attached hydrogen (secondary N) is 6. The Hall–Kier alpha value is -6.93. The Balaban J connectivity index is 1.62. The zero-order valence-corrected chi connectivity index (χ0v) is 35.9. The van der Waals surface area contributed by atoms with E-state index in [-0.39, 0.29) is 44.3 Å². The summed E-state index contributed by atoms with van der Waals surface area (Å²) >= 11 is 1.46. The first-order chi connectivity index (χ1) is 30.5. The van der Waals surface area contributed by atoms with Gasteiger partial charge in [-0.15, -0.1) is 0 Å². The minimum Gasteiger partial charge on any atom is -0.508 e. The highest BCUT2D eigenvalue weighted by molar-refractivity contribution is 7.98. The molecular formula is C44H54N8O11S. The molecule has 0 bridgehead atoms. The summed E-state index contributed by atoms with van der Waals surface area (Å²) in [5, 5.41) is 43.0. The van der Waals surface area contributed by atoms with Crippen LogP contribution in [0.5, 0.6) is 5.75 Å². The summed E-state index contributed by atoms with van der Waals surface area (Å²) in [5.74, 6) is -7.32. The third kappa shape index (κ3) is 15.8. The standard InChI is InChI=1S/C44H54N8O11S/c1-64-20-19-30(45)39(57)48-32(15-17-37(46)54)40(58)50-35(22-26-11-13-28(53)14-12-26)43(61)51-34(21-25-7-3-2-4-8-25)42(60)49-33(16-18-38(55)56)41(59)52-36(44(62)63)23-27-24-47-31-10-6-5-9-29(27)31/h2-14,24,30,32-36,47,53H,15-23,45H2,1H3,(H2,46,54)(H,48,57)(H,49,60)(H,50,58)(H,51,61)(H,52,59)(H,55,56)(H,62,63). The molecule has 1 aromatic heterocycles. The number of benzene rings is 3. The van der Waals surface area contributed by atoms with Gasteiger partial charge in [0.15, 0.2) is 0 Å². The monoisotopic (exact) mass is 902 g/mol. The summed E-state index contributed by atoms with van der Waals surface area (Å²) in [5.41, 5.74) is 13.8. The largest absolute Gasteiger partial charge is 0.508 e. The zero-order valence-electron chi connectivity index (χ0n) is 35.1. The average Bonchev–Trinajstić information content (AvgIpc) is 3.67. The van der Waals surface area contributed by atoms with Gasteiger partial charge in [-0.3, -0.25) is 33.6 Å². The van der Waals surface area contributed by atoms with E-state index in [1.165, 1.54) is 36.0 Å². The Morgan fingerprint density at radius 1 is 0.609 bits per heavy atom. The van der Waals surface area contributed by atoms with Crippen molar-refractivity contribution in [3.05, 3.63) is 102 Å². The lowest BCUT2D eigenvalue weighted by atomic mass is 10.0. The summed E-state index contributed by atoms with van der Waals surface area (Å²) < 4.78 is 0. The van der Waals surface area contributed by atoms with Gasteiger partial charge in [0.2, 0.25) is 35.4 Å². The Labute approximate surface area is 372 Å². The van der Waals surface area contributed by atoms with E-state index in [1.54, 1.807) is 60.8 Å². The maximum atomic E-state index is 14.3. The number of carbonyl (C=O) groups is 8. The fourth-order valence-corrected chi connectivity index (χ4v) is 7.18. The molecule has 0 spiro atoms. The average molecular weight is 903 g/mol. The van der Waals surface area contributed by atoms with Crippen LogP contribution in [-0.4, -0.2) is 116 Å².